The molecule has 2 N–H and O–H groups in total. The molecule has 7 nitrogen and oxygen atoms in total. The highest BCUT2D eigenvalue weighted by molar-refractivity contribution is 7.88. The summed E-state index contributed by atoms with van der Waals surface area (Å²) < 4.78 is 24.0. The lowest BCUT2D eigenvalue weighted by molar-refractivity contribution is -0.120. The number of carbonyl (C=O) groups is 1. The first-order chi connectivity index (χ1) is 8.91. The van der Waals surface area contributed by atoms with Gasteiger partial charge in [-0.2, -0.15) is 5.26 Å². The molecule has 0 aliphatic carbocycles. The van der Waals surface area contributed by atoms with Crippen molar-refractivity contribution < 1.29 is 13.2 Å². The molecule has 0 saturated carbocycles. The van der Waals surface area contributed by atoms with Crippen molar-refractivity contribution in [1.82, 2.24) is 14.9 Å². The van der Waals surface area contributed by atoms with E-state index in [1.54, 1.807) is 6.92 Å². The number of nitriles is 1. The molecule has 110 valence electrons. The number of nitrogens with zero attached hydrogens (tertiary/aromatic N) is 2. The van der Waals surface area contributed by atoms with Crippen molar-refractivity contribution in [3.05, 3.63) is 0 Å². The SMILES string of the molecule is CCN(CCCNCC(=O)NCCC#N)S(C)(=O)=O. The summed E-state index contributed by atoms with van der Waals surface area (Å²) in [6, 6.07) is 1.93. The number of rotatable bonds is 10. The molecule has 0 bridgehead atoms. The molecule has 0 aliphatic rings. The van der Waals surface area contributed by atoms with E-state index in [0.29, 0.717) is 39.0 Å². The molecule has 8 heteroatoms. The Kier molecular flexibility index (Phi) is 9.12. The van der Waals surface area contributed by atoms with Crippen molar-refractivity contribution in [3.8, 4) is 6.07 Å². The molecule has 0 spiro atoms. The molecule has 0 atom stereocenters. The van der Waals surface area contributed by atoms with Gasteiger partial charge < -0.3 is 10.6 Å². The number of hydrogen-bond acceptors (Lipinski definition) is 5. The molecule has 19 heavy (non-hydrogen) atoms. The molecule has 0 radical (unpaired) electrons. The zero-order valence-electron chi connectivity index (χ0n) is 11.5. The molecule has 1 amide bonds. The van der Waals surface area contributed by atoms with Crippen LogP contribution in [0.5, 0.6) is 0 Å². The van der Waals surface area contributed by atoms with Crippen LogP contribution in [0.2, 0.25) is 0 Å². The average molecular weight is 290 g/mol. The lowest BCUT2D eigenvalue weighted by Crippen LogP contribution is -2.36. The maximum atomic E-state index is 11.3. The molecular formula is C11H22N4O3S. The lowest BCUT2D eigenvalue weighted by Gasteiger charge is -2.17. The van der Waals surface area contributed by atoms with Gasteiger partial charge in [0, 0.05) is 19.6 Å². The number of hydrogen-bond donors (Lipinski definition) is 2. The maximum Gasteiger partial charge on any atom is 0.233 e. The van der Waals surface area contributed by atoms with Gasteiger partial charge in [0.25, 0.3) is 0 Å². The van der Waals surface area contributed by atoms with Gasteiger partial charge in [0.1, 0.15) is 0 Å². The van der Waals surface area contributed by atoms with E-state index in [1.807, 2.05) is 6.07 Å². The second kappa shape index (κ2) is 9.72. The summed E-state index contributed by atoms with van der Waals surface area (Å²) in [5.74, 6) is -0.161. The van der Waals surface area contributed by atoms with Gasteiger partial charge in [-0.15, -0.1) is 0 Å². The summed E-state index contributed by atoms with van der Waals surface area (Å²) >= 11 is 0. The Hall–Kier alpha value is -1.17. The third-order valence-corrected chi connectivity index (χ3v) is 3.81. The fraction of sp³-hybridized carbons (Fsp3) is 0.818. The molecule has 0 aromatic heterocycles. The van der Waals surface area contributed by atoms with Gasteiger partial charge in [-0.1, -0.05) is 6.92 Å². The molecular weight excluding hydrogens is 268 g/mol. The van der Waals surface area contributed by atoms with Crippen LogP contribution in [0.25, 0.3) is 0 Å². The Morgan fingerprint density at radius 3 is 2.58 bits per heavy atom. The van der Waals surface area contributed by atoms with E-state index in [0.717, 1.165) is 0 Å². The van der Waals surface area contributed by atoms with Crippen molar-refractivity contribution in [2.24, 2.45) is 0 Å². The van der Waals surface area contributed by atoms with Crippen LogP contribution >= 0.6 is 0 Å². The first-order valence-electron chi connectivity index (χ1n) is 6.21. The standard InChI is InChI=1S/C11H22N4O3S/c1-3-15(19(2,17)18)9-5-7-13-10-11(16)14-8-4-6-12/h13H,3-5,7-10H2,1-2H3,(H,14,16). The van der Waals surface area contributed by atoms with Gasteiger partial charge in [0.05, 0.1) is 25.3 Å². The molecule has 0 unspecified atom stereocenters. The highest BCUT2D eigenvalue weighted by Gasteiger charge is 2.12. The van der Waals surface area contributed by atoms with E-state index in [1.165, 1.54) is 10.6 Å². The zero-order valence-corrected chi connectivity index (χ0v) is 12.3. The van der Waals surface area contributed by atoms with Crippen LogP contribution < -0.4 is 10.6 Å². The highest BCUT2D eigenvalue weighted by Crippen LogP contribution is 1.97. The van der Waals surface area contributed by atoms with Crippen LogP contribution in [0.15, 0.2) is 0 Å². The van der Waals surface area contributed by atoms with Gasteiger partial charge in [0.2, 0.25) is 15.9 Å². The molecule has 0 rings (SSSR count). The number of amides is 1. The van der Waals surface area contributed by atoms with Gasteiger partial charge in [-0.3, -0.25) is 4.79 Å². The Morgan fingerprint density at radius 1 is 1.37 bits per heavy atom. The van der Waals surface area contributed by atoms with Gasteiger partial charge in [0.15, 0.2) is 0 Å². The molecule has 0 saturated heterocycles. The van der Waals surface area contributed by atoms with Crippen LogP contribution in [-0.4, -0.2) is 57.6 Å². The minimum absolute atomic E-state index is 0.161. The van der Waals surface area contributed by atoms with Crippen LogP contribution in [0.3, 0.4) is 0 Å². The number of sulfonamides is 1. The zero-order chi connectivity index (χ0) is 14.7. The fourth-order valence-electron chi connectivity index (χ4n) is 1.46. The normalized spacial score (nSPS) is 11.3. The van der Waals surface area contributed by atoms with Crippen LogP contribution in [0.4, 0.5) is 0 Å². The van der Waals surface area contributed by atoms with E-state index >= 15 is 0 Å². The minimum atomic E-state index is -3.14. The minimum Gasteiger partial charge on any atom is -0.354 e. The van der Waals surface area contributed by atoms with E-state index in [-0.39, 0.29) is 12.5 Å². The predicted octanol–water partition coefficient (Wildman–Crippen LogP) is -0.723. The molecule has 0 heterocycles. The van der Waals surface area contributed by atoms with Gasteiger partial charge in [-0.25, -0.2) is 12.7 Å². The van der Waals surface area contributed by atoms with E-state index in [2.05, 4.69) is 10.6 Å². The van der Waals surface area contributed by atoms with E-state index in [4.69, 9.17) is 5.26 Å². The average Bonchev–Trinajstić information content (AvgIpc) is 2.32. The van der Waals surface area contributed by atoms with E-state index < -0.39 is 10.0 Å². The third kappa shape index (κ3) is 9.41. The number of carbonyl (C=O) groups excluding carboxylic acids is 1. The second-order valence-corrected chi connectivity index (χ2v) is 6.03. The molecule has 0 fully saturated rings. The van der Waals surface area contributed by atoms with Crippen molar-refractivity contribution >= 4 is 15.9 Å². The summed E-state index contributed by atoms with van der Waals surface area (Å²) in [6.07, 6.45) is 2.13. The summed E-state index contributed by atoms with van der Waals surface area (Å²) in [5.41, 5.74) is 0. The molecule has 0 aromatic carbocycles. The highest BCUT2D eigenvalue weighted by atomic mass is 32.2. The maximum absolute atomic E-state index is 11.3. The quantitative estimate of drug-likeness (QED) is 0.517. The van der Waals surface area contributed by atoms with Crippen LogP contribution in [0.1, 0.15) is 19.8 Å². The number of nitrogens with one attached hydrogen (secondary N) is 2. The third-order valence-electron chi connectivity index (χ3n) is 2.43. The fourth-order valence-corrected chi connectivity index (χ4v) is 2.39. The van der Waals surface area contributed by atoms with Crippen LogP contribution in [-0.2, 0) is 14.8 Å². The second-order valence-electron chi connectivity index (χ2n) is 4.04. The Morgan fingerprint density at radius 2 is 2.05 bits per heavy atom. The monoisotopic (exact) mass is 290 g/mol. The Balaban J connectivity index is 3.65. The van der Waals surface area contributed by atoms with Crippen LogP contribution in [0, 0.1) is 11.3 Å². The summed E-state index contributed by atoms with van der Waals surface area (Å²) in [4.78, 5) is 11.2. The topological polar surface area (TPSA) is 102 Å². The summed E-state index contributed by atoms with van der Waals surface area (Å²) in [5, 5.41) is 13.8. The largest absolute Gasteiger partial charge is 0.354 e. The van der Waals surface area contributed by atoms with Gasteiger partial charge in [-0.05, 0) is 13.0 Å². The summed E-state index contributed by atoms with van der Waals surface area (Å²) in [7, 11) is -3.14. The molecule has 0 aromatic rings. The molecule has 0 aliphatic heterocycles. The summed E-state index contributed by atoms with van der Waals surface area (Å²) in [6.45, 7) is 3.78. The smallest absolute Gasteiger partial charge is 0.233 e. The first kappa shape index (κ1) is 17.8. The first-order valence-corrected chi connectivity index (χ1v) is 8.06. The lowest BCUT2D eigenvalue weighted by atomic mass is 10.4. The van der Waals surface area contributed by atoms with Crippen molar-refractivity contribution in [1.29, 1.82) is 5.26 Å². The Bertz CT molecular complexity index is 403. The van der Waals surface area contributed by atoms with E-state index in [9.17, 15) is 13.2 Å². The van der Waals surface area contributed by atoms with Crippen molar-refractivity contribution in [2.45, 2.75) is 19.8 Å². The van der Waals surface area contributed by atoms with Gasteiger partial charge >= 0.3 is 0 Å². The predicted molar refractivity (Wildman–Crippen MR) is 72.8 cm³/mol. The van der Waals surface area contributed by atoms with Crippen molar-refractivity contribution in [2.75, 3.05) is 39.0 Å². The van der Waals surface area contributed by atoms with Crippen molar-refractivity contribution in [3.63, 3.8) is 0 Å². The Labute approximate surface area is 115 Å².